The summed E-state index contributed by atoms with van der Waals surface area (Å²) in [6.07, 6.45) is 1.69. The zero-order valence-electron chi connectivity index (χ0n) is 13.4. The van der Waals surface area contributed by atoms with Crippen LogP contribution in [0.1, 0.15) is 5.56 Å². The number of nitriles is 1. The second kappa shape index (κ2) is 7.27. The zero-order valence-corrected chi connectivity index (χ0v) is 13.4. The summed E-state index contributed by atoms with van der Waals surface area (Å²) < 4.78 is 0. The minimum atomic E-state index is -0.0985. The number of pyridine rings is 1. The summed E-state index contributed by atoms with van der Waals surface area (Å²) in [5.41, 5.74) is 0.571. The fraction of sp³-hybridized carbons (Fsp3) is 0.500. The van der Waals surface area contributed by atoms with Crippen molar-refractivity contribution >= 4 is 17.6 Å². The van der Waals surface area contributed by atoms with Gasteiger partial charge in [-0.3, -0.25) is 14.5 Å². The van der Waals surface area contributed by atoms with E-state index in [1.54, 1.807) is 23.2 Å². The van der Waals surface area contributed by atoms with E-state index in [0.717, 1.165) is 26.2 Å². The van der Waals surface area contributed by atoms with Crippen LogP contribution in [0.25, 0.3) is 0 Å². The molecule has 0 aliphatic carbocycles. The van der Waals surface area contributed by atoms with E-state index < -0.39 is 0 Å². The topological polar surface area (TPSA) is 92.6 Å². The second-order valence-corrected chi connectivity index (χ2v) is 5.91. The van der Waals surface area contributed by atoms with Crippen molar-refractivity contribution in [1.29, 1.82) is 5.26 Å². The Morgan fingerprint density at radius 1 is 1.29 bits per heavy atom. The van der Waals surface area contributed by atoms with Crippen molar-refractivity contribution in [3.63, 3.8) is 0 Å². The maximum Gasteiger partial charge on any atom is 0.239 e. The van der Waals surface area contributed by atoms with E-state index in [4.69, 9.17) is 0 Å². The number of nitrogens with one attached hydrogen (secondary N) is 1. The van der Waals surface area contributed by atoms with Crippen molar-refractivity contribution < 1.29 is 9.59 Å². The number of carbonyl (C=O) groups excluding carboxylic acids is 2. The van der Waals surface area contributed by atoms with E-state index in [2.05, 4.69) is 26.2 Å². The Bertz CT molecular complexity index is 663. The Hall–Kier alpha value is -2.66. The summed E-state index contributed by atoms with van der Waals surface area (Å²) >= 11 is 0. The van der Waals surface area contributed by atoms with E-state index in [1.807, 2.05) is 0 Å². The van der Waals surface area contributed by atoms with Crippen molar-refractivity contribution in [3.05, 3.63) is 23.9 Å². The lowest BCUT2D eigenvalue weighted by atomic mass is 10.2. The molecule has 126 valence electrons. The normalized spacial score (nSPS) is 18.9. The first-order valence-corrected chi connectivity index (χ1v) is 8.04. The van der Waals surface area contributed by atoms with Crippen molar-refractivity contribution in [2.24, 2.45) is 0 Å². The molecule has 2 amide bonds. The monoisotopic (exact) mass is 328 g/mol. The second-order valence-electron chi connectivity index (χ2n) is 5.91. The largest absolute Gasteiger partial charge is 0.353 e. The Balaban J connectivity index is 1.53. The molecule has 1 aromatic rings. The lowest BCUT2D eigenvalue weighted by Crippen LogP contribution is -2.54. The van der Waals surface area contributed by atoms with Crippen molar-refractivity contribution in [3.8, 4) is 6.07 Å². The molecule has 2 aliphatic heterocycles. The Kier molecular flexibility index (Phi) is 4.91. The molecular weight excluding hydrogens is 308 g/mol. The van der Waals surface area contributed by atoms with Gasteiger partial charge < -0.3 is 15.1 Å². The SMILES string of the molecule is N#Cc1cccnc1N1CCN(CC(=O)N2CCNC(=O)C2)CC1. The molecule has 1 N–H and O–H groups in total. The molecule has 24 heavy (non-hydrogen) atoms. The molecule has 3 heterocycles. The fourth-order valence-electron chi connectivity index (χ4n) is 3.00. The maximum absolute atomic E-state index is 12.3. The molecule has 0 aromatic carbocycles. The van der Waals surface area contributed by atoms with E-state index in [0.29, 0.717) is 31.0 Å². The number of hydrogen-bond acceptors (Lipinski definition) is 6. The molecule has 8 heteroatoms. The molecule has 2 fully saturated rings. The molecule has 1 aromatic heterocycles. The number of aromatic nitrogens is 1. The highest BCUT2D eigenvalue weighted by Gasteiger charge is 2.25. The predicted octanol–water partition coefficient (Wildman–Crippen LogP) is -0.966. The Morgan fingerprint density at radius 2 is 2.08 bits per heavy atom. The summed E-state index contributed by atoms with van der Waals surface area (Å²) in [4.78, 5) is 33.7. The lowest BCUT2D eigenvalue weighted by Gasteiger charge is -2.36. The third-order valence-electron chi connectivity index (χ3n) is 4.33. The van der Waals surface area contributed by atoms with Gasteiger partial charge >= 0.3 is 0 Å². The first-order valence-electron chi connectivity index (χ1n) is 8.04. The number of piperazine rings is 2. The molecule has 0 radical (unpaired) electrons. The van der Waals surface area contributed by atoms with E-state index in [9.17, 15) is 14.9 Å². The summed E-state index contributed by atoms with van der Waals surface area (Å²) in [7, 11) is 0. The third-order valence-corrected chi connectivity index (χ3v) is 4.33. The molecule has 0 spiro atoms. The van der Waals surface area contributed by atoms with Gasteiger partial charge in [-0.2, -0.15) is 5.26 Å². The van der Waals surface area contributed by atoms with Crippen LogP contribution in [0.3, 0.4) is 0 Å². The quantitative estimate of drug-likeness (QED) is 0.768. The van der Waals surface area contributed by atoms with Gasteiger partial charge in [-0.05, 0) is 12.1 Å². The number of hydrogen-bond donors (Lipinski definition) is 1. The number of rotatable bonds is 3. The van der Waals surface area contributed by atoms with Crippen LogP contribution in [0.4, 0.5) is 5.82 Å². The van der Waals surface area contributed by atoms with E-state index in [-0.39, 0.29) is 18.4 Å². The van der Waals surface area contributed by atoms with Gasteiger partial charge in [0, 0.05) is 45.5 Å². The third kappa shape index (κ3) is 3.63. The molecule has 0 atom stereocenters. The molecule has 0 unspecified atom stereocenters. The fourth-order valence-corrected chi connectivity index (χ4v) is 3.00. The first kappa shape index (κ1) is 16.2. The van der Waals surface area contributed by atoms with Crippen LogP contribution in [-0.2, 0) is 9.59 Å². The van der Waals surface area contributed by atoms with Gasteiger partial charge in [0.1, 0.15) is 11.9 Å². The number of carbonyl (C=O) groups is 2. The van der Waals surface area contributed by atoms with Gasteiger partial charge in [0.15, 0.2) is 0 Å². The van der Waals surface area contributed by atoms with Crippen molar-refractivity contribution in [1.82, 2.24) is 20.1 Å². The molecule has 3 rings (SSSR count). The highest BCUT2D eigenvalue weighted by molar-refractivity contribution is 5.86. The van der Waals surface area contributed by atoms with Gasteiger partial charge in [-0.1, -0.05) is 0 Å². The smallest absolute Gasteiger partial charge is 0.239 e. The Morgan fingerprint density at radius 3 is 2.79 bits per heavy atom. The van der Waals surface area contributed by atoms with Crippen LogP contribution in [-0.4, -0.2) is 79.0 Å². The minimum absolute atomic E-state index is 0.00569. The van der Waals surface area contributed by atoms with Gasteiger partial charge in [-0.15, -0.1) is 0 Å². The van der Waals surface area contributed by atoms with Crippen molar-refractivity contribution in [2.45, 2.75) is 0 Å². The molecular formula is C16H20N6O2. The average Bonchev–Trinajstić information content (AvgIpc) is 2.62. The van der Waals surface area contributed by atoms with Crippen LogP contribution in [0, 0.1) is 11.3 Å². The highest BCUT2D eigenvalue weighted by atomic mass is 16.2. The number of amides is 2. The summed E-state index contributed by atoms with van der Waals surface area (Å²) in [5.74, 6) is 0.603. The average molecular weight is 328 g/mol. The summed E-state index contributed by atoms with van der Waals surface area (Å²) in [6, 6.07) is 5.69. The predicted molar refractivity (Wildman–Crippen MR) is 87.2 cm³/mol. The summed E-state index contributed by atoms with van der Waals surface area (Å²) in [5, 5.41) is 11.9. The van der Waals surface area contributed by atoms with Crippen LogP contribution < -0.4 is 10.2 Å². The molecule has 0 saturated carbocycles. The van der Waals surface area contributed by atoms with Gasteiger partial charge in [0.05, 0.1) is 18.7 Å². The molecule has 2 aliphatic rings. The highest BCUT2D eigenvalue weighted by Crippen LogP contribution is 2.18. The Labute approximate surface area is 140 Å². The zero-order chi connectivity index (χ0) is 16.9. The first-order chi connectivity index (χ1) is 11.7. The number of nitrogens with zero attached hydrogens (tertiary/aromatic N) is 5. The molecule has 2 saturated heterocycles. The van der Waals surface area contributed by atoms with Crippen LogP contribution >= 0.6 is 0 Å². The van der Waals surface area contributed by atoms with Crippen LogP contribution in [0.2, 0.25) is 0 Å². The van der Waals surface area contributed by atoms with Gasteiger partial charge in [-0.25, -0.2) is 4.98 Å². The summed E-state index contributed by atoms with van der Waals surface area (Å²) in [6.45, 7) is 4.48. The molecule has 8 nitrogen and oxygen atoms in total. The standard InChI is InChI=1S/C16H20N6O2/c17-10-13-2-1-3-19-16(13)21-8-6-20(7-9-21)12-15(24)22-5-4-18-14(23)11-22/h1-3H,4-9,11-12H2,(H,18,23). The van der Waals surface area contributed by atoms with E-state index >= 15 is 0 Å². The van der Waals surface area contributed by atoms with Crippen LogP contribution in [0.15, 0.2) is 18.3 Å². The minimum Gasteiger partial charge on any atom is -0.353 e. The van der Waals surface area contributed by atoms with Crippen LogP contribution in [0.5, 0.6) is 0 Å². The van der Waals surface area contributed by atoms with E-state index in [1.165, 1.54) is 0 Å². The van der Waals surface area contributed by atoms with Gasteiger partial charge in [0.2, 0.25) is 11.8 Å². The van der Waals surface area contributed by atoms with Gasteiger partial charge in [0.25, 0.3) is 0 Å². The number of anilines is 1. The van der Waals surface area contributed by atoms with Crippen molar-refractivity contribution in [2.75, 3.05) is 57.3 Å². The maximum atomic E-state index is 12.3. The molecule has 0 bridgehead atoms. The lowest BCUT2D eigenvalue weighted by molar-refractivity contribution is -0.139.